The van der Waals surface area contributed by atoms with Crippen LogP contribution in [0, 0.1) is 5.82 Å². The lowest BCUT2D eigenvalue weighted by atomic mass is 9.93. The van der Waals surface area contributed by atoms with Crippen molar-refractivity contribution in [2.24, 2.45) is 0 Å². The van der Waals surface area contributed by atoms with E-state index in [1.165, 1.54) is 18.3 Å². The Bertz CT molecular complexity index is 1000. The summed E-state index contributed by atoms with van der Waals surface area (Å²) in [4.78, 5) is 4.38. The molecular formula is C18H14BrF3N2O2. The van der Waals surface area contributed by atoms with Crippen molar-refractivity contribution in [1.29, 1.82) is 0 Å². The average Bonchev–Trinajstić information content (AvgIpc) is 3.04. The molecular weight excluding hydrogens is 413 g/mol. The van der Waals surface area contributed by atoms with E-state index in [1.807, 2.05) is 0 Å². The van der Waals surface area contributed by atoms with Crippen molar-refractivity contribution in [3.63, 3.8) is 0 Å². The number of benzene rings is 1. The lowest BCUT2D eigenvalue weighted by molar-refractivity contribution is -0.0506. The van der Waals surface area contributed by atoms with Crippen LogP contribution in [0.1, 0.15) is 36.2 Å². The van der Waals surface area contributed by atoms with Crippen LogP contribution in [-0.4, -0.2) is 21.1 Å². The van der Waals surface area contributed by atoms with Crippen molar-refractivity contribution >= 4 is 21.6 Å². The van der Waals surface area contributed by atoms with E-state index in [4.69, 9.17) is 0 Å². The van der Waals surface area contributed by atoms with E-state index in [1.54, 1.807) is 29.5 Å². The van der Waals surface area contributed by atoms with E-state index in [9.17, 15) is 18.3 Å². The number of aromatic nitrogens is 2. The number of hydrogen-bond acceptors (Lipinski definition) is 3. The summed E-state index contributed by atoms with van der Waals surface area (Å²) >= 11 is 3.15. The van der Waals surface area contributed by atoms with Crippen LogP contribution in [0.3, 0.4) is 0 Å². The molecule has 8 heteroatoms. The van der Waals surface area contributed by atoms with Gasteiger partial charge in [0.15, 0.2) is 0 Å². The Labute approximate surface area is 155 Å². The first-order valence-corrected chi connectivity index (χ1v) is 8.71. The van der Waals surface area contributed by atoms with Gasteiger partial charge in [0.2, 0.25) is 0 Å². The Morgan fingerprint density at radius 1 is 1.38 bits per heavy atom. The van der Waals surface area contributed by atoms with Crippen LogP contribution in [0.2, 0.25) is 0 Å². The van der Waals surface area contributed by atoms with E-state index in [0.29, 0.717) is 22.6 Å². The molecule has 4 nitrogen and oxygen atoms in total. The van der Waals surface area contributed by atoms with E-state index in [-0.39, 0.29) is 16.6 Å². The number of alkyl halides is 2. The fourth-order valence-corrected chi connectivity index (χ4v) is 3.93. The highest BCUT2D eigenvalue weighted by molar-refractivity contribution is 9.10. The summed E-state index contributed by atoms with van der Waals surface area (Å²) < 4.78 is 46.0. The first kappa shape index (κ1) is 17.4. The summed E-state index contributed by atoms with van der Waals surface area (Å²) in [6.45, 7) is -1.34. The molecule has 2 heterocycles. The highest BCUT2D eigenvalue weighted by Crippen LogP contribution is 2.49. The maximum absolute atomic E-state index is 13.9. The number of halogens is 4. The minimum Gasteiger partial charge on any atom is -0.435 e. The zero-order valence-electron chi connectivity index (χ0n) is 13.6. The number of aliphatic hydroxyl groups is 1. The van der Waals surface area contributed by atoms with Crippen molar-refractivity contribution in [3.05, 3.63) is 63.8 Å². The molecule has 26 heavy (non-hydrogen) atoms. The van der Waals surface area contributed by atoms with Gasteiger partial charge in [0.05, 0.1) is 15.9 Å². The summed E-state index contributed by atoms with van der Waals surface area (Å²) in [6, 6.07) is 7.74. The highest BCUT2D eigenvalue weighted by atomic mass is 79.9. The topological polar surface area (TPSA) is 46.8 Å². The van der Waals surface area contributed by atoms with Crippen molar-refractivity contribution in [2.75, 3.05) is 0 Å². The Morgan fingerprint density at radius 3 is 2.85 bits per heavy atom. The molecule has 0 aliphatic heterocycles. The second-order valence-electron chi connectivity index (χ2n) is 6.49. The second-order valence-corrected chi connectivity index (χ2v) is 7.34. The molecule has 2 atom stereocenters. The monoisotopic (exact) mass is 426 g/mol. The summed E-state index contributed by atoms with van der Waals surface area (Å²) in [7, 11) is 0. The molecule has 0 spiro atoms. The van der Waals surface area contributed by atoms with Gasteiger partial charge in [-0.15, -0.1) is 0 Å². The number of para-hydroxylation sites is 1. The standard InChI is InChI=1S/C18H14BrF3N2O2/c1-18(25)7-10(9-4-2-3-5-13(9)26-17(21)22)15-16(18)23-14-6-12(20)11(19)8-24(14)15/h2-6,8,10,17,25H,7H2,1H3/t10-,18?/m1/s1. The quantitative estimate of drug-likeness (QED) is 0.666. The SMILES string of the molecule is CC1(O)C[C@H](c2ccccc2OC(F)F)c2c1nc1cc(F)c(Br)cn21. The Hall–Kier alpha value is -2.06. The predicted octanol–water partition coefficient (Wildman–Crippen LogP) is 4.58. The smallest absolute Gasteiger partial charge is 0.387 e. The number of nitrogens with zero attached hydrogens (tertiary/aromatic N) is 2. The summed E-state index contributed by atoms with van der Waals surface area (Å²) in [5, 5.41) is 10.8. The van der Waals surface area contributed by atoms with Gasteiger partial charge in [-0.05, 0) is 35.3 Å². The molecule has 1 aromatic carbocycles. The largest absolute Gasteiger partial charge is 0.435 e. The first-order chi connectivity index (χ1) is 12.3. The lowest BCUT2D eigenvalue weighted by Gasteiger charge is -2.20. The Balaban J connectivity index is 1.94. The minimum absolute atomic E-state index is 0.0484. The molecule has 3 aromatic rings. The third-order valence-corrected chi connectivity index (χ3v) is 5.24. The molecule has 1 aliphatic rings. The van der Waals surface area contributed by atoms with Gasteiger partial charge in [0.25, 0.3) is 0 Å². The van der Waals surface area contributed by atoms with Gasteiger partial charge >= 0.3 is 6.61 Å². The molecule has 0 bridgehead atoms. The summed E-state index contributed by atoms with van der Waals surface area (Å²) in [5.41, 5.74) is 0.636. The molecule has 4 rings (SSSR count). The van der Waals surface area contributed by atoms with Gasteiger partial charge in [-0.3, -0.25) is 0 Å². The Kier molecular flexibility index (Phi) is 4.00. The van der Waals surface area contributed by atoms with Crippen LogP contribution < -0.4 is 4.74 Å². The zero-order valence-corrected chi connectivity index (χ0v) is 15.2. The number of pyridine rings is 1. The average molecular weight is 427 g/mol. The second kappa shape index (κ2) is 5.99. The van der Waals surface area contributed by atoms with E-state index in [2.05, 4.69) is 25.7 Å². The molecule has 0 saturated carbocycles. The van der Waals surface area contributed by atoms with Crippen molar-refractivity contribution < 1.29 is 23.0 Å². The molecule has 1 aliphatic carbocycles. The third-order valence-electron chi connectivity index (χ3n) is 4.65. The van der Waals surface area contributed by atoms with E-state index in [0.717, 1.165) is 0 Å². The van der Waals surface area contributed by atoms with E-state index < -0.39 is 23.9 Å². The predicted molar refractivity (Wildman–Crippen MR) is 92.0 cm³/mol. The normalized spacial score (nSPS) is 22.2. The van der Waals surface area contributed by atoms with Gasteiger partial charge in [-0.25, -0.2) is 9.37 Å². The molecule has 136 valence electrons. The van der Waals surface area contributed by atoms with Crippen molar-refractivity contribution in [3.8, 4) is 5.75 Å². The number of hydrogen-bond donors (Lipinski definition) is 1. The lowest BCUT2D eigenvalue weighted by Crippen LogP contribution is -2.18. The fourth-order valence-electron chi connectivity index (χ4n) is 3.61. The molecule has 0 saturated heterocycles. The van der Waals surface area contributed by atoms with Gasteiger partial charge in [-0.2, -0.15) is 8.78 Å². The van der Waals surface area contributed by atoms with Crippen molar-refractivity contribution in [2.45, 2.75) is 31.5 Å². The zero-order chi connectivity index (χ0) is 18.6. The van der Waals surface area contributed by atoms with Crippen LogP contribution in [0.15, 0.2) is 41.0 Å². The Morgan fingerprint density at radius 2 is 2.12 bits per heavy atom. The number of ether oxygens (including phenoxy) is 1. The maximum atomic E-state index is 13.9. The molecule has 1 N–H and O–H groups in total. The van der Waals surface area contributed by atoms with Crippen molar-refractivity contribution in [1.82, 2.24) is 9.38 Å². The van der Waals surface area contributed by atoms with E-state index >= 15 is 0 Å². The van der Waals surface area contributed by atoms with Gasteiger partial charge < -0.3 is 14.2 Å². The minimum atomic E-state index is -2.96. The first-order valence-electron chi connectivity index (χ1n) is 7.91. The number of imidazole rings is 1. The van der Waals surface area contributed by atoms with Gasteiger partial charge in [0.1, 0.15) is 22.8 Å². The summed E-state index contributed by atoms with van der Waals surface area (Å²) in [6.07, 6.45) is 1.79. The van der Waals surface area contributed by atoms with Crippen LogP contribution >= 0.6 is 15.9 Å². The third kappa shape index (κ3) is 2.68. The summed E-state index contributed by atoms with van der Waals surface area (Å²) in [5.74, 6) is -0.853. The highest BCUT2D eigenvalue weighted by Gasteiger charge is 2.44. The maximum Gasteiger partial charge on any atom is 0.387 e. The van der Waals surface area contributed by atoms with Crippen LogP contribution in [-0.2, 0) is 5.60 Å². The van der Waals surface area contributed by atoms with Crippen LogP contribution in [0.25, 0.3) is 5.65 Å². The molecule has 0 amide bonds. The molecule has 2 aromatic heterocycles. The molecule has 1 unspecified atom stereocenters. The number of fused-ring (bicyclic) bond motifs is 3. The van der Waals surface area contributed by atoms with Crippen LogP contribution in [0.5, 0.6) is 5.75 Å². The van der Waals surface area contributed by atoms with Gasteiger partial charge in [-0.1, -0.05) is 18.2 Å². The number of rotatable bonds is 3. The van der Waals surface area contributed by atoms with Crippen LogP contribution in [0.4, 0.5) is 13.2 Å². The molecule has 0 fully saturated rings. The molecule has 0 radical (unpaired) electrons. The fraction of sp³-hybridized carbons (Fsp3) is 0.278. The van der Waals surface area contributed by atoms with Gasteiger partial charge in [0, 0.05) is 23.7 Å².